The molecule has 3 nitrogen and oxygen atoms in total. The molecule has 1 fully saturated rings. The van der Waals surface area contributed by atoms with Crippen LogP contribution in [0.4, 0.5) is 8.78 Å². The molecule has 25 heavy (non-hydrogen) atoms. The van der Waals surface area contributed by atoms with E-state index >= 15 is 0 Å². The fourth-order valence-corrected chi connectivity index (χ4v) is 3.51. The predicted octanol–water partition coefficient (Wildman–Crippen LogP) is 4.62. The molecule has 138 valence electrons. The molecule has 0 aliphatic heterocycles. The van der Waals surface area contributed by atoms with E-state index in [1.54, 1.807) is 13.8 Å². The number of hydrogen-bond acceptors (Lipinski definition) is 3. The third-order valence-corrected chi connectivity index (χ3v) is 5.31. The van der Waals surface area contributed by atoms with Crippen LogP contribution in [0.15, 0.2) is 12.2 Å². The largest absolute Gasteiger partial charge is 0.461 e. The first-order chi connectivity index (χ1) is 11.7. The van der Waals surface area contributed by atoms with Gasteiger partial charge in [-0.1, -0.05) is 26.0 Å². The Kier molecular flexibility index (Phi) is 5.67. The van der Waals surface area contributed by atoms with Crippen molar-refractivity contribution in [3.8, 4) is 0 Å². The summed E-state index contributed by atoms with van der Waals surface area (Å²) in [6.07, 6.45) is 3.93. The van der Waals surface area contributed by atoms with Crippen molar-refractivity contribution in [2.75, 3.05) is 7.11 Å². The lowest BCUT2D eigenvalue weighted by Crippen LogP contribution is -2.14. The lowest BCUT2D eigenvalue weighted by atomic mass is 9.98. The molecular formula is C20H26F2O3. The highest BCUT2D eigenvalue weighted by Gasteiger charge is 2.61. The summed E-state index contributed by atoms with van der Waals surface area (Å²) in [5.41, 5.74) is 0.720. The Morgan fingerprint density at radius 2 is 1.68 bits per heavy atom. The Morgan fingerprint density at radius 1 is 1.12 bits per heavy atom. The number of benzene rings is 1. The average molecular weight is 352 g/mol. The van der Waals surface area contributed by atoms with Crippen LogP contribution in [0.2, 0.25) is 0 Å². The van der Waals surface area contributed by atoms with E-state index in [4.69, 9.17) is 9.47 Å². The summed E-state index contributed by atoms with van der Waals surface area (Å²) < 4.78 is 39.1. The summed E-state index contributed by atoms with van der Waals surface area (Å²) in [5.74, 6) is -1.69. The summed E-state index contributed by atoms with van der Waals surface area (Å²) >= 11 is 0. The lowest BCUT2D eigenvalue weighted by Gasteiger charge is -2.16. The summed E-state index contributed by atoms with van der Waals surface area (Å²) in [7, 11) is 1.39. The first-order valence-corrected chi connectivity index (χ1v) is 8.42. The van der Waals surface area contributed by atoms with Gasteiger partial charge in [-0.15, -0.1) is 0 Å². The smallest absolute Gasteiger partial charge is 0.310 e. The van der Waals surface area contributed by atoms with Gasteiger partial charge < -0.3 is 9.47 Å². The van der Waals surface area contributed by atoms with E-state index in [0.717, 1.165) is 0 Å². The molecule has 0 aromatic heterocycles. The topological polar surface area (TPSA) is 35.5 Å². The number of carbonyl (C=O) groups excluding carboxylic acids is 1. The van der Waals surface area contributed by atoms with Crippen LogP contribution in [0.25, 0.3) is 0 Å². The molecule has 2 atom stereocenters. The minimum Gasteiger partial charge on any atom is -0.461 e. The molecule has 0 bridgehead atoms. The number of halogens is 2. The molecular weight excluding hydrogens is 326 g/mol. The predicted molar refractivity (Wildman–Crippen MR) is 91.9 cm³/mol. The van der Waals surface area contributed by atoms with Gasteiger partial charge in [-0.05, 0) is 43.2 Å². The van der Waals surface area contributed by atoms with E-state index < -0.39 is 11.6 Å². The van der Waals surface area contributed by atoms with Crippen molar-refractivity contribution >= 4 is 5.97 Å². The molecule has 0 unspecified atom stereocenters. The SMILES string of the molecule is CC=C[C@@H]1[C@@H](C(=O)OCc2c(C)c(F)c(COC)c(F)c2C)C1(C)C. The van der Waals surface area contributed by atoms with Crippen LogP contribution in [0, 0.1) is 42.7 Å². The minimum atomic E-state index is -0.644. The molecule has 0 radical (unpaired) electrons. The van der Waals surface area contributed by atoms with Gasteiger partial charge in [0.1, 0.15) is 18.2 Å². The van der Waals surface area contributed by atoms with E-state index in [1.807, 2.05) is 32.9 Å². The minimum absolute atomic E-state index is 0.0935. The van der Waals surface area contributed by atoms with Crippen molar-refractivity contribution in [1.82, 2.24) is 0 Å². The maximum absolute atomic E-state index is 14.4. The Morgan fingerprint density at radius 3 is 2.16 bits per heavy atom. The van der Waals surface area contributed by atoms with E-state index in [0.29, 0.717) is 16.7 Å². The zero-order valence-electron chi connectivity index (χ0n) is 15.7. The van der Waals surface area contributed by atoms with Crippen LogP contribution in [-0.4, -0.2) is 13.1 Å². The maximum Gasteiger partial charge on any atom is 0.310 e. The number of methoxy groups -OCH3 is 1. The number of hydrogen-bond donors (Lipinski definition) is 0. The molecule has 5 heteroatoms. The van der Waals surface area contributed by atoms with Crippen LogP contribution in [-0.2, 0) is 27.5 Å². The third-order valence-electron chi connectivity index (χ3n) is 5.31. The van der Waals surface area contributed by atoms with Gasteiger partial charge in [0, 0.05) is 18.2 Å². The number of rotatable bonds is 6. The van der Waals surface area contributed by atoms with E-state index in [-0.39, 0.29) is 42.0 Å². The van der Waals surface area contributed by atoms with Crippen LogP contribution in [0.3, 0.4) is 0 Å². The second-order valence-corrected chi connectivity index (χ2v) is 7.23. The average Bonchev–Trinajstić information content (AvgIpc) is 3.10. The molecule has 1 saturated carbocycles. The Hall–Kier alpha value is -1.75. The molecule has 1 aliphatic rings. The molecule has 1 aromatic carbocycles. The number of carbonyl (C=O) groups is 1. The van der Waals surface area contributed by atoms with Crippen LogP contribution in [0.5, 0.6) is 0 Å². The molecule has 1 aliphatic carbocycles. The molecule has 0 saturated heterocycles. The van der Waals surface area contributed by atoms with Crippen molar-refractivity contribution in [1.29, 1.82) is 0 Å². The highest BCUT2D eigenvalue weighted by Crippen LogP contribution is 2.59. The zero-order valence-corrected chi connectivity index (χ0v) is 15.7. The van der Waals surface area contributed by atoms with Gasteiger partial charge >= 0.3 is 5.97 Å². The zero-order chi connectivity index (χ0) is 18.9. The van der Waals surface area contributed by atoms with Crippen molar-refractivity contribution in [3.05, 3.63) is 46.0 Å². The first kappa shape index (κ1) is 19.6. The van der Waals surface area contributed by atoms with E-state index in [2.05, 4.69) is 0 Å². The molecule has 0 spiro atoms. The summed E-state index contributed by atoms with van der Waals surface area (Å²) in [6.45, 7) is 8.80. The van der Waals surface area contributed by atoms with Gasteiger partial charge in [0.25, 0.3) is 0 Å². The molecule has 2 rings (SSSR count). The summed E-state index contributed by atoms with van der Waals surface area (Å²) in [5, 5.41) is 0. The number of esters is 1. The quantitative estimate of drug-likeness (QED) is 0.554. The maximum atomic E-state index is 14.4. The van der Waals surface area contributed by atoms with Gasteiger partial charge in [0.05, 0.1) is 12.5 Å². The Bertz CT molecular complexity index is 678. The van der Waals surface area contributed by atoms with E-state index in [1.165, 1.54) is 7.11 Å². The van der Waals surface area contributed by atoms with Gasteiger partial charge in [-0.25, -0.2) is 8.78 Å². The lowest BCUT2D eigenvalue weighted by molar-refractivity contribution is -0.147. The number of allylic oxidation sites excluding steroid dienone is 2. The monoisotopic (exact) mass is 352 g/mol. The van der Waals surface area contributed by atoms with Gasteiger partial charge in [0.15, 0.2) is 0 Å². The third kappa shape index (κ3) is 3.47. The van der Waals surface area contributed by atoms with Crippen LogP contribution < -0.4 is 0 Å². The summed E-state index contributed by atoms with van der Waals surface area (Å²) in [6, 6.07) is 0. The van der Waals surface area contributed by atoms with Gasteiger partial charge in [0.2, 0.25) is 0 Å². The van der Waals surface area contributed by atoms with Crippen LogP contribution in [0.1, 0.15) is 43.0 Å². The van der Waals surface area contributed by atoms with Crippen molar-refractivity contribution in [2.24, 2.45) is 17.3 Å². The second kappa shape index (κ2) is 7.24. The second-order valence-electron chi connectivity index (χ2n) is 7.23. The Labute approximate surface area is 148 Å². The fraction of sp³-hybridized carbons (Fsp3) is 0.550. The molecule has 0 heterocycles. The fourth-order valence-electron chi connectivity index (χ4n) is 3.51. The standard InChI is InChI=1S/C20H26F2O3/c1-7-8-15-16(20(15,4)5)19(23)25-10-13-11(2)17(21)14(9-24-6)18(22)12(13)3/h7-8,15-16H,9-10H2,1-6H3/t15-,16+/m1/s1. The number of ether oxygens (including phenoxy) is 2. The van der Waals surface area contributed by atoms with Gasteiger partial charge in [-0.2, -0.15) is 0 Å². The van der Waals surface area contributed by atoms with Crippen molar-refractivity contribution in [2.45, 2.75) is 47.8 Å². The normalized spacial score (nSPS) is 21.6. The highest BCUT2D eigenvalue weighted by atomic mass is 19.1. The van der Waals surface area contributed by atoms with Crippen LogP contribution >= 0.6 is 0 Å². The molecule has 0 N–H and O–H groups in total. The Balaban J connectivity index is 2.18. The molecule has 0 amide bonds. The van der Waals surface area contributed by atoms with E-state index in [9.17, 15) is 13.6 Å². The van der Waals surface area contributed by atoms with Crippen molar-refractivity contribution in [3.63, 3.8) is 0 Å². The highest BCUT2D eigenvalue weighted by molar-refractivity contribution is 5.78. The van der Waals surface area contributed by atoms with Crippen molar-refractivity contribution < 1.29 is 23.0 Å². The summed E-state index contributed by atoms with van der Waals surface area (Å²) in [4.78, 5) is 12.4. The molecule has 1 aromatic rings. The van der Waals surface area contributed by atoms with Gasteiger partial charge in [-0.3, -0.25) is 4.79 Å². The first-order valence-electron chi connectivity index (χ1n) is 8.42.